The van der Waals surface area contributed by atoms with Crippen LogP contribution in [0.3, 0.4) is 0 Å². The van der Waals surface area contributed by atoms with Crippen molar-refractivity contribution >= 4 is 15.5 Å². The van der Waals surface area contributed by atoms with Gasteiger partial charge in [0.05, 0.1) is 0 Å². The molecule has 19 heavy (non-hydrogen) atoms. The first-order valence-corrected chi connectivity index (χ1v) is 7.69. The van der Waals surface area contributed by atoms with Crippen molar-refractivity contribution in [3.63, 3.8) is 0 Å². The summed E-state index contributed by atoms with van der Waals surface area (Å²) in [5.41, 5.74) is 0.0208. The number of aryl methyl sites for hydroxylation is 1. The molecule has 5 nitrogen and oxygen atoms in total. The van der Waals surface area contributed by atoms with Crippen molar-refractivity contribution in [2.75, 3.05) is 0 Å². The lowest BCUT2D eigenvalue weighted by atomic mass is 10.4. The average Bonchev–Trinajstić information content (AvgIpc) is 3.06. The van der Waals surface area contributed by atoms with Gasteiger partial charge in [-0.15, -0.1) is 0 Å². The molecule has 0 atom stereocenters. The van der Waals surface area contributed by atoms with Crippen molar-refractivity contribution in [1.82, 2.24) is 14.1 Å². The Morgan fingerprint density at radius 1 is 1.53 bits per heavy atom. The fourth-order valence-electron chi connectivity index (χ4n) is 2.04. The largest absolute Gasteiger partial charge is 0.300 e. The van der Waals surface area contributed by atoms with Crippen LogP contribution in [0.15, 0.2) is 23.4 Å². The third-order valence-corrected chi connectivity index (χ3v) is 4.56. The minimum atomic E-state index is -3.76. The first-order valence-electron chi connectivity index (χ1n) is 6.20. The van der Waals surface area contributed by atoms with E-state index in [1.165, 1.54) is 16.5 Å². The minimum Gasteiger partial charge on any atom is -0.300 e. The molecule has 1 aliphatic carbocycles. The molecule has 0 amide bonds. The van der Waals surface area contributed by atoms with Crippen molar-refractivity contribution in [2.45, 2.75) is 37.3 Å². The molecule has 7 heteroatoms. The molecular formula is C12H14FN3O2S. The highest BCUT2D eigenvalue weighted by Gasteiger charge is 2.32. The SMILES string of the molecule is CCc1nc(S(=O)(=O)NC2CC2)c2c(F)cccn12. The van der Waals surface area contributed by atoms with Gasteiger partial charge >= 0.3 is 0 Å². The van der Waals surface area contributed by atoms with E-state index in [0.29, 0.717) is 12.2 Å². The molecule has 3 rings (SSSR count). The van der Waals surface area contributed by atoms with Gasteiger partial charge in [0.1, 0.15) is 17.2 Å². The summed E-state index contributed by atoms with van der Waals surface area (Å²) in [6, 6.07) is 2.75. The molecule has 2 heterocycles. The molecule has 102 valence electrons. The second-order valence-corrected chi connectivity index (χ2v) is 6.29. The predicted molar refractivity (Wildman–Crippen MR) is 67.9 cm³/mol. The summed E-state index contributed by atoms with van der Waals surface area (Å²) >= 11 is 0. The molecule has 2 aromatic heterocycles. The molecule has 0 aromatic carbocycles. The molecule has 1 aliphatic rings. The quantitative estimate of drug-likeness (QED) is 0.924. The Kier molecular flexibility index (Phi) is 2.83. The predicted octanol–water partition coefficient (Wildman–Crippen LogP) is 1.48. The molecule has 1 saturated carbocycles. The fourth-order valence-corrected chi connectivity index (χ4v) is 3.50. The van der Waals surface area contributed by atoms with Crippen LogP contribution in [0.2, 0.25) is 0 Å². The van der Waals surface area contributed by atoms with E-state index in [-0.39, 0.29) is 16.6 Å². The van der Waals surface area contributed by atoms with Gasteiger partial charge < -0.3 is 0 Å². The van der Waals surface area contributed by atoms with Gasteiger partial charge in [0.25, 0.3) is 10.0 Å². The lowest BCUT2D eigenvalue weighted by Crippen LogP contribution is -2.26. The summed E-state index contributed by atoms with van der Waals surface area (Å²) in [5.74, 6) is -0.0449. The van der Waals surface area contributed by atoms with Crippen molar-refractivity contribution in [3.8, 4) is 0 Å². The maximum Gasteiger partial charge on any atom is 0.260 e. The van der Waals surface area contributed by atoms with E-state index in [2.05, 4.69) is 9.71 Å². The standard InChI is InChI=1S/C12H14FN3O2S/c1-2-10-14-12(19(17,18)15-8-5-6-8)11-9(13)4-3-7-16(10)11/h3-4,7-8,15H,2,5-6H2,1H3. The van der Waals surface area contributed by atoms with E-state index in [9.17, 15) is 12.8 Å². The maximum absolute atomic E-state index is 13.9. The Hall–Kier alpha value is -1.47. The Labute approximate surface area is 110 Å². The van der Waals surface area contributed by atoms with E-state index in [1.807, 2.05) is 6.92 Å². The fraction of sp³-hybridized carbons (Fsp3) is 0.417. The molecule has 0 bridgehead atoms. The first-order chi connectivity index (χ1) is 9.03. The summed E-state index contributed by atoms with van der Waals surface area (Å²) in [4.78, 5) is 4.09. The number of aromatic nitrogens is 2. The molecule has 1 N–H and O–H groups in total. The van der Waals surface area contributed by atoms with E-state index in [0.717, 1.165) is 12.8 Å². The maximum atomic E-state index is 13.9. The smallest absolute Gasteiger partial charge is 0.260 e. The molecule has 2 aromatic rings. The zero-order chi connectivity index (χ0) is 13.6. The van der Waals surface area contributed by atoms with E-state index in [1.54, 1.807) is 6.20 Å². The molecule has 0 aliphatic heterocycles. The Morgan fingerprint density at radius 3 is 2.89 bits per heavy atom. The van der Waals surface area contributed by atoms with Crippen LogP contribution in [0.25, 0.3) is 5.52 Å². The number of nitrogens with one attached hydrogen (secondary N) is 1. The highest BCUT2D eigenvalue weighted by atomic mass is 32.2. The second kappa shape index (κ2) is 4.28. The van der Waals surface area contributed by atoms with Crippen molar-refractivity contribution in [1.29, 1.82) is 0 Å². The molecular weight excluding hydrogens is 269 g/mol. The normalized spacial score (nSPS) is 16.1. The number of rotatable bonds is 4. The highest BCUT2D eigenvalue weighted by Crippen LogP contribution is 2.25. The molecule has 0 radical (unpaired) electrons. The number of imidazole rings is 1. The summed E-state index contributed by atoms with van der Waals surface area (Å²) < 4.78 is 42.4. The van der Waals surface area contributed by atoms with Crippen molar-refractivity contribution in [3.05, 3.63) is 30.0 Å². The topological polar surface area (TPSA) is 63.5 Å². The van der Waals surface area contributed by atoms with Crippen LogP contribution in [0.1, 0.15) is 25.6 Å². The average molecular weight is 283 g/mol. The third-order valence-electron chi connectivity index (χ3n) is 3.13. The van der Waals surface area contributed by atoms with Crippen LogP contribution in [0.5, 0.6) is 0 Å². The van der Waals surface area contributed by atoms with Gasteiger partial charge in [-0.2, -0.15) is 0 Å². The van der Waals surface area contributed by atoms with Crippen LogP contribution < -0.4 is 4.72 Å². The lowest BCUT2D eigenvalue weighted by Gasteiger charge is -2.03. The number of hydrogen-bond acceptors (Lipinski definition) is 3. The number of fused-ring (bicyclic) bond motifs is 1. The van der Waals surface area contributed by atoms with E-state index >= 15 is 0 Å². The second-order valence-electron chi connectivity index (χ2n) is 4.66. The van der Waals surface area contributed by atoms with Crippen LogP contribution in [0.4, 0.5) is 4.39 Å². The van der Waals surface area contributed by atoms with Crippen LogP contribution >= 0.6 is 0 Å². The summed E-state index contributed by atoms with van der Waals surface area (Å²) in [6.45, 7) is 1.85. The van der Waals surface area contributed by atoms with Gasteiger partial charge in [0.15, 0.2) is 5.03 Å². The highest BCUT2D eigenvalue weighted by molar-refractivity contribution is 7.89. The summed E-state index contributed by atoms with van der Waals surface area (Å²) in [5, 5.41) is -0.214. The van der Waals surface area contributed by atoms with Gasteiger partial charge in [0, 0.05) is 18.7 Å². The Balaban J connectivity index is 2.22. The van der Waals surface area contributed by atoms with Crippen LogP contribution in [-0.4, -0.2) is 23.8 Å². The Morgan fingerprint density at radius 2 is 2.26 bits per heavy atom. The van der Waals surface area contributed by atoms with Gasteiger partial charge in [-0.1, -0.05) is 6.92 Å². The zero-order valence-electron chi connectivity index (χ0n) is 10.4. The molecule has 0 unspecified atom stereocenters. The number of hydrogen-bond donors (Lipinski definition) is 1. The number of sulfonamides is 1. The first kappa shape index (κ1) is 12.6. The van der Waals surface area contributed by atoms with Crippen LogP contribution in [-0.2, 0) is 16.4 Å². The van der Waals surface area contributed by atoms with Crippen molar-refractivity contribution < 1.29 is 12.8 Å². The van der Waals surface area contributed by atoms with Gasteiger partial charge in [-0.25, -0.2) is 22.5 Å². The monoisotopic (exact) mass is 283 g/mol. The number of pyridine rings is 1. The van der Waals surface area contributed by atoms with Gasteiger partial charge in [-0.3, -0.25) is 4.40 Å². The third kappa shape index (κ3) is 2.12. The van der Waals surface area contributed by atoms with Crippen molar-refractivity contribution in [2.24, 2.45) is 0 Å². The zero-order valence-corrected chi connectivity index (χ0v) is 11.2. The number of halogens is 1. The number of nitrogens with zero attached hydrogens (tertiary/aromatic N) is 2. The molecule has 0 spiro atoms. The van der Waals surface area contributed by atoms with Gasteiger partial charge in [-0.05, 0) is 25.0 Å². The van der Waals surface area contributed by atoms with Crippen LogP contribution in [0, 0.1) is 5.82 Å². The van der Waals surface area contributed by atoms with E-state index in [4.69, 9.17) is 0 Å². The molecule has 0 saturated heterocycles. The van der Waals surface area contributed by atoms with E-state index < -0.39 is 15.8 Å². The summed E-state index contributed by atoms with van der Waals surface area (Å²) in [6.07, 6.45) is 3.81. The lowest BCUT2D eigenvalue weighted by molar-refractivity contribution is 0.576. The van der Waals surface area contributed by atoms with Gasteiger partial charge in [0.2, 0.25) is 0 Å². The Bertz CT molecular complexity index is 735. The molecule has 1 fully saturated rings. The minimum absolute atomic E-state index is 0.0208. The summed E-state index contributed by atoms with van der Waals surface area (Å²) in [7, 11) is -3.76.